The van der Waals surface area contributed by atoms with Gasteiger partial charge in [0.15, 0.2) is 0 Å². The lowest BCUT2D eigenvalue weighted by Crippen LogP contribution is -2.48. The van der Waals surface area contributed by atoms with Crippen LogP contribution in [0.4, 0.5) is 24.5 Å². The molecule has 1 heterocycles. The molecule has 0 aromatic heterocycles. The summed E-state index contributed by atoms with van der Waals surface area (Å²) in [4.78, 5) is 12.1. The summed E-state index contributed by atoms with van der Waals surface area (Å²) in [7, 11) is 3.09. The third kappa shape index (κ3) is 4.01. The van der Waals surface area contributed by atoms with Gasteiger partial charge in [-0.3, -0.25) is 4.79 Å². The second-order valence-corrected chi connectivity index (χ2v) is 7.02. The molecule has 4 rings (SSSR count). The van der Waals surface area contributed by atoms with Gasteiger partial charge in [-0.1, -0.05) is 24.3 Å². The van der Waals surface area contributed by atoms with E-state index in [1.165, 1.54) is 0 Å². The number of fused-ring (bicyclic) bond motifs is 1. The molecule has 3 aromatic carbocycles. The molecule has 1 amide bonds. The summed E-state index contributed by atoms with van der Waals surface area (Å²) < 4.78 is 50.5. The number of hydrogen-bond donors (Lipinski definition) is 2. The molecule has 5 nitrogen and oxygen atoms in total. The average molecular weight is 428 g/mol. The maximum atomic E-state index is 13.3. The molecule has 0 unspecified atom stereocenters. The summed E-state index contributed by atoms with van der Waals surface area (Å²) in [5, 5.41) is 4.71. The summed E-state index contributed by atoms with van der Waals surface area (Å²) in [5.41, 5.74) is 3.39. The highest BCUT2D eigenvalue weighted by Crippen LogP contribution is 2.42. The zero-order valence-electron chi connectivity index (χ0n) is 16.7. The van der Waals surface area contributed by atoms with Gasteiger partial charge >= 0.3 is 6.18 Å². The van der Waals surface area contributed by atoms with Crippen LogP contribution in [0.25, 0.3) is 22.3 Å². The van der Waals surface area contributed by atoms with Gasteiger partial charge in [0.2, 0.25) is 6.04 Å². The van der Waals surface area contributed by atoms with Crippen molar-refractivity contribution in [3.8, 4) is 33.8 Å². The first kappa shape index (κ1) is 20.6. The minimum Gasteiger partial charge on any atom is -0.497 e. The smallest absolute Gasteiger partial charge is 0.417 e. The van der Waals surface area contributed by atoms with Crippen molar-refractivity contribution in [1.82, 2.24) is 0 Å². The molecule has 2 N–H and O–H groups in total. The van der Waals surface area contributed by atoms with Gasteiger partial charge in [0, 0.05) is 0 Å². The highest BCUT2D eigenvalue weighted by Gasteiger charge is 2.47. The monoisotopic (exact) mass is 428 g/mol. The Labute approximate surface area is 176 Å². The van der Waals surface area contributed by atoms with Crippen LogP contribution in [0.3, 0.4) is 0 Å². The fourth-order valence-electron chi connectivity index (χ4n) is 3.54. The number of carbonyl (C=O) groups excluding carboxylic acids is 1. The Kier molecular flexibility index (Phi) is 5.22. The van der Waals surface area contributed by atoms with Crippen LogP contribution in [0.15, 0.2) is 60.7 Å². The summed E-state index contributed by atoms with van der Waals surface area (Å²) >= 11 is 0. The minimum atomic E-state index is -4.72. The number of anilines is 2. The normalized spacial score (nSPS) is 15.5. The molecule has 0 saturated carbocycles. The third-order valence-electron chi connectivity index (χ3n) is 5.07. The van der Waals surface area contributed by atoms with Crippen molar-refractivity contribution in [1.29, 1.82) is 0 Å². The second kappa shape index (κ2) is 7.86. The maximum Gasteiger partial charge on any atom is 0.417 e. The standard InChI is InChI=1S/C23H19F3N2O3/c1-30-15-7-3-5-13(9-15)17-11-19-20(28-22(29)21(27-19)23(24,25)26)12-18(17)14-6-4-8-16(10-14)31-2/h3-12,21,27H,1-2H3,(H,28,29)/t21-/m1/s1. The lowest BCUT2D eigenvalue weighted by atomic mass is 9.92. The first-order valence-corrected chi connectivity index (χ1v) is 9.41. The van der Waals surface area contributed by atoms with Gasteiger partial charge in [0.1, 0.15) is 11.5 Å². The van der Waals surface area contributed by atoms with E-state index in [-0.39, 0.29) is 11.4 Å². The molecule has 0 bridgehead atoms. The van der Waals surface area contributed by atoms with E-state index in [0.717, 1.165) is 16.7 Å². The van der Waals surface area contributed by atoms with Gasteiger partial charge in [-0.2, -0.15) is 13.2 Å². The molecule has 0 aliphatic carbocycles. The molecule has 1 atom stereocenters. The van der Waals surface area contributed by atoms with E-state index in [4.69, 9.17) is 9.47 Å². The number of alkyl halides is 3. The molecule has 3 aromatic rings. The first-order chi connectivity index (χ1) is 14.8. The van der Waals surface area contributed by atoms with E-state index in [1.807, 2.05) is 24.3 Å². The number of halogens is 3. The minimum absolute atomic E-state index is 0.186. The van der Waals surface area contributed by atoms with Crippen molar-refractivity contribution in [2.45, 2.75) is 12.2 Å². The molecule has 1 aliphatic heterocycles. The molecule has 1 aliphatic rings. The van der Waals surface area contributed by atoms with Crippen LogP contribution in [0, 0.1) is 0 Å². The Morgan fingerprint density at radius 2 is 1.32 bits per heavy atom. The molecule has 0 radical (unpaired) electrons. The van der Waals surface area contributed by atoms with Crippen molar-refractivity contribution in [3.63, 3.8) is 0 Å². The second-order valence-electron chi connectivity index (χ2n) is 7.02. The van der Waals surface area contributed by atoms with Gasteiger partial charge < -0.3 is 20.1 Å². The Morgan fingerprint density at radius 1 is 0.806 bits per heavy atom. The lowest BCUT2D eigenvalue weighted by molar-refractivity contribution is -0.156. The fraction of sp³-hybridized carbons (Fsp3) is 0.174. The molecular weight excluding hydrogens is 409 g/mol. The van der Waals surface area contributed by atoms with Gasteiger partial charge in [-0.05, 0) is 58.7 Å². The topological polar surface area (TPSA) is 59.6 Å². The maximum absolute atomic E-state index is 13.3. The van der Waals surface area contributed by atoms with Crippen LogP contribution in [0.5, 0.6) is 11.5 Å². The number of methoxy groups -OCH3 is 2. The average Bonchev–Trinajstić information content (AvgIpc) is 2.77. The number of amides is 1. The number of rotatable bonds is 4. The van der Waals surface area contributed by atoms with E-state index in [9.17, 15) is 18.0 Å². The Morgan fingerprint density at radius 3 is 1.81 bits per heavy atom. The summed E-state index contributed by atoms with van der Waals surface area (Å²) in [6.45, 7) is 0. The van der Waals surface area contributed by atoms with Crippen molar-refractivity contribution >= 4 is 17.3 Å². The van der Waals surface area contributed by atoms with E-state index in [0.29, 0.717) is 17.1 Å². The lowest BCUT2D eigenvalue weighted by Gasteiger charge is -2.29. The molecule has 31 heavy (non-hydrogen) atoms. The molecular formula is C23H19F3N2O3. The van der Waals surface area contributed by atoms with Crippen LogP contribution in [0.2, 0.25) is 0 Å². The van der Waals surface area contributed by atoms with Crippen LogP contribution in [-0.2, 0) is 4.79 Å². The van der Waals surface area contributed by atoms with Gasteiger partial charge in [0.05, 0.1) is 25.6 Å². The number of carbonyl (C=O) groups is 1. The predicted octanol–water partition coefficient (Wildman–Crippen LogP) is 5.33. The van der Waals surface area contributed by atoms with E-state index >= 15 is 0 Å². The SMILES string of the molecule is COc1cccc(-c2cc3c(cc2-c2cccc(OC)c2)N[C@@H](C(F)(F)F)C(=O)N3)c1. The summed E-state index contributed by atoms with van der Waals surface area (Å²) in [5.74, 6) is 0.0954. The Bertz CT molecular complexity index is 1150. The zero-order valence-corrected chi connectivity index (χ0v) is 16.7. The Hall–Kier alpha value is -3.68. The van der Waals surface area contributed by atoms with E-state index in [2.05, 4.69) is 10.6 Å². The van der Waals surface area contributed by atoms with Gasteiger partial charge in [0.25, 0.3) is 5.91 Å². The molecule has 0 saturated heterocycles. The number of hydrogen-bond acceptors (Lipinski definition) is 4. The summed E-state index contributed by atoms with van der Waals surface area (Å²) in [6.07, 6.45) is -4.72. The molecule has 160 valence electrons. The third-order valence-corrected chi connectivity index (χ3v) is 5.07. The largest absolute Gasteiger partial charge is 0.497 e. The fourth-order valence-corrected chi connectivity index (χ4v) is 3.54. The van der Waals surface area contributed by atoms with Crippen molar-refractivity contribution in [3.05, 3.63) is 60.7 Å². The molecule has 8 heteroatoms. The van der Waals surface area contributed by atoms with Crippen molar-refractivity contribution in [2.75, 3.05) is 24.9 Å². The van der Waals surface area contributed by atoms with E-state index in [1.54, 1.807) is 50.6 Å². The van der Waals surface area contributed by atoms with Crippen LogP contribution < -0.4 is 20.1 Å². The number of benzene rings is 3. The van der Waals surface area contributed by atoms with Crippen LogP contribution in [0.1, 0.15) is 0 Å². The highest BCUT2D eigenvalue weighted by atomic mass is 19.4. The van der Waals surface area contributed by atoms with Crippen LogP contribution in [-0.4, -0.2) is 32.3 Å². The predicted molar refractivity (Wildman–Crippen MR) is 113 cm³/mol. The van der Waals surface area contributed by atoms with Crippen molar-refractivity contribution in [2.24, 2.45) is 0 Å². The molecule has 0 fully saturated rings. The highest BCUT2D eigenvalue weighted by molar-refractivity contribution is 6.06. The Balaban J connectivity index is 1.91. The van der Waals surface area contributed by atoms with Gasteiger partial charge in [-0.15, -0.1) is 0 Å². The van der Waals surface area contributed by atoms with Gasteiger partial charge in [-0.25, -0.2) is 0 Å². The number of nitrogens with one attached hydrogen (secondary N) is 2. The summed E-state index contributed by atoms with van der Waals surface area (Å²) in [6, 6.07) is 15.5. The first-order valence-electron chi connectivity index (χ1n) is 9.41. The van der Waals surface area contributed by atoms with E-state index < -0.39 is 18.1 Å². The molecule has 0 spiro atoms. The zero-order chi connectivity index (χ0) is 22.2. The number of ether oxygens (including phenoxy) is 2. The van der Waals surface area contributed by atoms with Crippen LogP contribution >= 0.6 is 0 Å². The quantitative estimate of drug-likeness (QED) is 0.590. The van der Waals surface area contributed by atoms with Crippen molar-refractivity contribution < 1.29 is 27.4 Å².